The Hall–Kier alpha value is -3.09. The first-order valence-corrected chi connectivity index (χ1v) is 39.8. The van der Waals surface area contributed by atoms with E-state index >= 15 is 0 Å². The van der Waals surface area contributed by atoms with Gasteiger partial charge in [-0.15, -0.1) is 0 Å². The molecule has 480 valence electrons. The Bertz CT molecular complexity index is 3380. The van der Waals surface area contributed by atoms with Crippen LogP contribution in [-0.4, -0.2) is 47.8 Å². The van der Waals surface area contributed by atoms with Crippen LogP contribution in [-0.2, 0) is 56.9 Å². The largest absolute Gasteiger partial charge is 0.414 e. The summed E-state index contributed by atoms with van der Waals surface area (Å²) in [6.07, 6.45) is -3.43. The first-order valence-electron chi connectivity index (χ1n) is 31.8. The van der Waals surface area contributed by atoms with E-state index in [1.165, 1.54) is 22.3 Å². The molecule has 86 heavy (non-hydrogen) atoms. The van der Waals surface area contributed by atoms with Gasteiger partial charge >= 0.3 is 16.5 Å². The summed E-state index contributed by atoms with van der Waals surface area (Å²) in [7, 11) is -9.62. The second kappa shape index (κ2) is 22.9. The average Bonchev–Trinajstić information content (AvgIpc) is 1.88. The third kappa shape index (κ3) is 15.0. The molecule has 2 aromatic heterocycles. The highest BCUT2D eigenvalue weighted by atomic mass is 31.1. The number of hydrogen-bond acceptors (Lipinski definition) is 9. The van der Waals surface area contributed by atoms with Crippen molar-refractivity contribution < 1.29 is 39.4 Å². The fraction of sp³-hybridized carbons (Fsp3) is 0.671. The summed E-state index contributed by atoms with van der Waals surface area (Å²) >= 11 is 0. The van der Waals surface area contributed by atoms with Crippen LogP contribution in [0.4, 0.5) is 0 Å². The van der Waals surface area contributed by atoms with Crippen LogP contribution in [0.5, 0.6) is 0 Å². The van der Waals surface area contributed by atoms with Gasteiger partial charge in [-0.1, -0.05) is 232 Å². The molecular weight excluding hydrogens is 1140 g/mol. The molecule has 0 aliphatic carbocycles. The number of hydrogen-bond donors (Lipinski definition) is 0. The molecule has 0 spiro atoms. The number of benzene rings is 4. The van der Waals surface area contributed by atoms with Crippen molar-refractivity contribution in [2.75, 3.05) is 6.61 Å². The van der Waals surface area contributed by atoms with Crippen LogP contribution in [0.25, 0.3) is 43.9 Å². The Balaban J connectivity index is 1.68. The van der Waals surface area contributed by atoms with Gasteiger partial charge in [0.25, 0.3) is 0 Å². The van der Waals surface area contributed by atoms with Crippen molar-refractivity contribution in [3.63, 3.8) is 0 Å². The molecule has 1 fully saturated rings. The SMILES string of the molecule is CC(C)(C)c1cc(C(C)(C)C)c2op(O[C@@H]3[C@@H](O[Si](C)(C)C(C)(C)C)O[C@H](CO[Si](C)(C)C(C)(C)C)[C@H]3Op3oc4c(C(C)(C)C)cc(C(C)(C)C)cc4c4cc(C(C)(C)C)cc(C(C)(C)C)c4o3)oc3c(C(C)(C)C)cc(C(C)(C)C)cc3c2c1. The van der Waals surface area contributed by atoms with Gasteiger partial charge in [0.05, 0.1) is 6.61 Å². The molecule has 6 aromatic rings. The molecule has 0 bridgehead atoms. The second-order valence-electron chi connectivity index (χ2n) is 36.5. The van der Waals surface area contributed by atoms with Gasteiger partial charge in [0.1, 0.15) is 34.5 Å². The number of ether oxygens (including phenoxy) is 1. The normalized spacial score (nSPS) is 18.8. The predicted octanol–water partition coefficient (Wildman–Crippen LogP) is 23.3. The van der Waals surface area contributed by atoms with Gasteiger partial charge in [-0.2, -0.15) is 0 Å². The summed E-state index contributed by atoms with van der Waals surface area (Å²) in [5.41, 5.74) is 10.1. The van der Waals surface area contributed by atoms with E-state index in [4.69, 9.17) is 39.4 Å². The fourth-order valence-corrected chi connectivity index (χ4v) is 15.1. The smallest absolute Gasteiger partial charge is 0.387 e. The molecule has 1 saturated heterocycles. The first kappa shape index (κ1) is 70.4. The van der Waals surface area contributed by atoms with Gasteiger partial charge in [0, 0.05) is 43.8 Å². The number of fused-ring (bicyclic) bond motifs is 6. The van der Waals surface area contributed by atoms with Gasteiger partial charge in [0.15, 0.2) is 29.0 Å². The highest BCUT2D eigenvalue weighted by Gasteiger charge is 2.54. The third-order valence-corrected chi connectivity index (χ3v) is 29.7. The summed E-state index contributed by atoms with van der Waals surface area (Å²) in [6, 6.07) is 18.7. The highest BCUT2D eigenvalue weighted by Crippen LogP contribution is 2.51. The topological polar surface area (TPSA) is 98.7 Å². The minimum absolute atomic E-state index is 0.0916. The molecule has 0 unspecified atom stereocenters. The maximum absolute atomic E-state index is 7.80. The van der Waals surface area contributed by atoms with E-state index in [0.717, 1.165) is 66.1 Å². The van der Waals surface area contributed by atoms with Gasteiger partial charge in [0.2, 0.25) is 0 Å². The van der Waals surface area contributed by atoms with Crippen LogP contribution < -0.4 is 9.05 Å². The Morgan fingerprint density at radius 1 is 0.349 bits per heavy atom. The molecular formula is C73H116O9P2Si2. The maximum atomic E-state index is 7.80. The Morgan fingerprint density at radius 3 is 0.837 bits per heavy atom. The zero-order chi connectivity index (χ0) is 65.4. The lowest BCUT2D eigenvalue weighted by molar-refractivity contribution is -0.113. The quantitative estimate of drug-likeness (QED) is 0.131. The molecule has 9 nitrogen and oxygen atoms in total. The van der Waals surface area contributed by atoms with E-state index in [1.807, 2.05) is 0 Å². The maximum Gasteiger partial charge on any atom is 0.387 e. The van der Waals surface area contributed by atoms with Crippen LogP contribution in [0, 0.1) is 0 Å². The van der Waals surface area contributed by atoms with Crippen LogP contribution in [0.15, 0.2) is 65.3 Å². The lowest BCUT2D eigenvalue weighted by Gasteiger charge is -2.39. The summed E-state index contributed by atoms with van der Waals surface area (Å²) < 4.78 is 68.1. The molecule has 0 radical (unpaired) electrons. The Labute approximate surface area is 525 Å². The van der Waals surface area contributed by atoms with Crippen molar-refractivity contribution in [2.24, 2.45) is 0 Å². The summed E-state index contributed by atoms with van der Waals surface area (Å²) in [5, 5.41) is 3.67. The van der Waals surface area contributed by atoms with Crippen molar-refractivity contribution in [3.8, 4) is 0 Å². The monoisotopic (exact) mass is 1250 g/mol. The van der Waals surface area contributed by atoms with E-state index < -0.39 is 57.7 Å². The molecule has 0 N–H and O–H groups in total. The second-order valence-corrected chi connectivity index (χ2v) is 48.2. The van der Waals surface area contributed by atoms with E-state index in [0.29, 0.717) is 0 Å². The molecule has 4 aromatic carbocycles. The van der Waals surface area contributed by atoms with Crippen LogP contribution in [0.2, 0.25) is 36.3 Å². The molecule has 1 aliphatic heterocycles. The summed E-state index contributed by atoms with van der Waals surface area (Å²) in [5.74, 6) is 0. The van der Waals surface area contributed by atoms with Gasteiger partial charge in [-0.05, 0) is 126 Å². The standard InChI is InChI=1S/C73H116O9P2Si2/c1-64(2,3)44-35-48-49-36-45(65(4,5)6)40-53(69(16,17)18)58(49)77-83(76-57(48)52(39-44)68(13,14)15)80-61-56(43-74-85(31,32)72(25,26)27)75-63(82-86(33,34)73(28,29)30)62(61)81-84-78-59-50(37-46(66(7,8)9)41-54(59)70(19,20)21)51-38-47(67(10,11)12)42-55(60(51)79-84)71(22,23)24/h35-42,56,61-63H,43H2,1-34H3/t56-,61-,62+,63-/m1/s1. The molecule has 0 saturated carbocycles. The van der Waals surface area contributed by atoms with Crippen LogP contribution in [0.1, 0.15) is 252 Å². The zero-order valence-electron chi connectivity index (χ0n) is 60.2. The minimum atomic E-state index is -2.65. The van der Waals surface area contributed by atoms with Gasteiger partial charge in [-0.25, -0.2) is 0 Å². The van der Waals surface area contributed by atoms with E-state index in [2.05, 4.69) is 282 Å². The summed E-state index contributed by atoms with van der Waals surface area (Å²) in [4.78, 5) is 0. The fourth-order valence-electron chi connectivity index (χ4n) is 10.4. The van der Waals surface area contributed by atoms with E-state index in [9.17, 15) is 0 Å². The number of rotatable bonds is 9. The van der Waals surface area contributed by atoms with Crippen molar-refractivity contribution >= 4 is 77.0 Å². The Kier molecular flexibility index (Phi) is 18.8. The molecule has 0 amide bonds. The van der Waals surface area contributed by atoms with Crippen molar-refractivity contribution in [2.45, 2.75) is 312 Å². The lowest BCUT2D eigenvalue weighted by Crippen LogP contribution is -2.49. The van der Waals surface area contributed by atoms with Crippen LogP contribution >= 0.6 is 16.5 Å². The Morgan fingerprint density at radius 2 is 0.605 bits per heavy atom. The molecule has 13 heteroatoms. The molecule has 7 rings (SSSR count). The van der Waals surface area contributed by atoms with Crippen molar-refractivity contribution in [1.82, 2.24) is 0 Å². The average molecular weight is 1260 g/mol. The van der Waals surface area contributed by atoms with Crippen molar-refractivity contribution in [3.05, 3.63) is 93.0 Å². The predicted molar refractivity (Wildman–Crippen MR) is 373 cm³/mol. The van der Waals surface area contributed by atoms with E-state index in [1.54, 1.807) is 0 Å². The summed E-state index contributed by atoms with van der Waals surface area (Å²) in [6.45, 7) is 77.5. The van der Waals surface area contributed by atoms with E-state index in [-0.39, 0.29) is 60.0 Å². The third-order valence-electron chi connectivity index (χ3n) is 18.6. The van der Waals surface area contributed by atoms with Gasteiger partial charge < -0.3 is 30.4 Å². The lowest BCUT2D eigenvalue weighted by atomic mass is 9.77. The zero-order valence-corrected chi connectivity index (χ0v) is 64.0. The van der Waals surface area contributed by atoms with Crippen molar-refractivity contribution in [1.29, 1.82) is 0 Å². The first-order chi connectivity index (χ1) is 38.4. The highest BCUT2D eigenvalue weighted by molar-refractivity contribution is 7.32. The molecule has 4 atom stereocenters. The molecule has 3 heterocycles. The minimum Gasteiger partial charge on any atom is -0.414 e. The van der Waals surface area contributed by atoms with Gasteiger partial charge in [-0.3, -0.25) is 9.05 Å². The molecule has 1 aliphatic rings. The van der Waals surface area contributed by atoms with Crippen LogP contribution in [0.3, 0.4) is 0 Å².